The van der Waals surface area contributed by atoms with Crippen molar-refractivity contribution < 1.29 is 14.6 Å². The third kappa shape index (κ3) is 1.65. The Hall–Kier alpha value is -2.23. The average molecular weight is 217 g/mol. The molecule has 0 saturated heterocycles. The van der Waals surface area contributed by atoms with Crippen LogP contribution in [0.2, 0.25) is 0 Å². The second-order valence-corrected chi connectivity index (χ2v) is 3.46. The quantitative estimate of drug-likeness (QED) is 0.756. The van der Waals surface area contributed by atoms with Gasteiger partial charge in [-0.15, -0.1) is 0 Å². The SMILES string of the molecule is COc1ccc2cc(C(=O)O)cc(N)c2c1. The molecule has 0 radical (unpaired) electrons. The number of hydrogen-bond donors (Lipinski definition) is 2. The molecule has 2 aromatic rings. The molecular weight excluding hydrogens is 206 g/mol. The predicted molar refractivity (Wildman–Crippen MR) is 61.9 cm³/mol. The average Bonchev–Trinajstić information content (AvgIpc) is 2.28. The van der Waals surface area contributed by atoms with E-state index < -0.39 is 5.97 Å². The van der Waals surface area contributed by atoms with Gasteiger partial charge >= 0.3 is 5.97 Å². The first-order valence-electron chi connectivity index (χ1n) is 4.72. The van der Waals surface area contributed by atoms with Gasteiger partial charge in [0.25, 0.3) is 0 Å². The molecule has 0 atom stereocenters. The Morgan fingerprint density at radius 3 is 2.69 bits per heavy atom. The van der Waals surface area contributed by atoms with Crippen LogP contribution in [0.3, 0.4) is 0 Å². The van der Waals surface area contributed by atoms with Gasteiger partial charge in [-0.3, -0.25) is 0 Å². The first kappa shape index (κ1) is 10.3. The van der Waals surface area contributed by atoms with Gasteiger partial charge in [-0.05, 0) is 29.7 Å². The van der Waals surface area contributed by atoms with Crippen molar-refractivity contribution in [1.29, 1.82) is 0 Å². The lowest BCUT2D eigenvalue weighted by Crippen LogP contribution is -1.98. The molecule has 0 fully saturated rings. The highest BCUT2D eigenvalue weighted by molar-refractivity contribution is 6.00. The molecule has 3 N–H and O–H groups in total. The van der Waals surface area contributed by atoms with Gasteiger partial charge in [-0.2, -0.15) is 0 Å². The zero-order valence-electron chi connectivity index (χ0n) is 8.73. The van der Waals surface area contributed by atoms with Crippen LogP contribution in [-0.2, 0) is 0 Å². The number of fused-ring (bicyclic) bond motifs is 1. The van der Waals surface area contributed by atoms with E-state index in [0.717, 1.165) is 10.8 Å². The minimum Gasteiger partial charge on any atom is -0.497 e. The molecule has 0 aromatic heterocycles. The number of rotatable bonds is 2. The van der Waals surface area contributed by atoms with Gasteiger partial charge in [-0.1, -0.05) is 6.07 Å². The van der Waals surface area contributed by atoms with Crippen molar-refractivity contribution in [3.05, 3.63) is 35.9 Å². The lowest BCUT2D eigenvalue weighted by atomic mass is 10.0. The summed E-state index contributed by atoms with van der Waals surface area (Å²) in [5.74, 6) is -0.285. The number of carboxylic acids is 1. The topological polar surface area (TPSA) is 72.5 Å². The van der Waals surface area contributed by atoms with Crippen molar-refractivity contribution in [3.8, 4) is 5.75 Å². The van der Waals surface area contributed by atoms with Crippen LogP contribution in [0.1, 0.15) is 10.4 Å². The van der Waals surface area contributed by atoms with Crippen molar-refractivity contribution in [2.24, 2.45) is 0 Å². The third-order valence-electron chi connectivity index (χ3n) is 2.44. The highest BCUT2D eigenvalue weighted by Crippen LogP contribution is 2.27. The molecule has 0 amide bonds. The summed E-state index contributed by atoms with van der Waals surface area (Å²) in [4.78, 5) is 10.8. The van der Waals surface area contributed by atoms with Gasteiger partial charge in [0.1, 0.15) is 5.75 Å². The summed E-state index contributed by atoms with van der Waals surface area (Å²) in [5, 5.41) is 10.5. The molecule has 0 saturated carbocycles. The van der Waals surface area contributed by atoms with E-state index >= 15 is 0 Å². The lowest BCUT2D eigenvalue weighted by molar-refractivity contribution is 0.0697. The molecule has 16 heavy (non-hydrogen) atoms. The van der Waals surface area contributed by atoms with Crippen LogP contribution in [0.15, 0.2) is 30.3 Å². The summed E-state index contributed by atoms with van der Waals surface area (Å²) in [6.45, 7) is 0. The van der Waals surface area contributed by atoms with E-state index in [4.69, 9.17) is 15.6 Å². The van der Waals surface area contributed by atoms with E-state index in [9.17, 15) is 4.79 Å². The second kappa shape index (κ2) is 3.73. The normalized spacial score (nSPS) is 10.3. The molecule has 2 rings (SSSR count). The Morgan fingerprint density at radius 2 is 2.06 bits per heavy atom. The number of nitrogen functional groups attached to an aromatic ring is 1. The number of benzene rings is 2. The number of hydrogen-bond acceptors (Lipinski definition) is 3. The molecule has 4 nitrogen and oxygen atoms in total. The number of anilines is 1. The Bertz CT molecular complexity index is 563. The van der Waals surface area contributed by atoms with Crippen molar-refractivity contribution in [2.75, 3.05) is 12.8 Å². The number of aromatic carboxylic acids is 1. The van der Waals surface area contributed by atoms with Crippen LogP contribution < -0.4 is 10.5 Å². The maximum absolute atomic E-state index is 10.8. The molecule has 0 bridgehead atoms. The zero-order valence-corrected chi connectivity index (χ0v) is 8.73. The number of carboxylic acid groups (broad SMARTS) is 1. The fourth-order valence-electron chi connectivity index (χ4n) is 1.62. The van der Waals surface area contributed by atoms with Crippen molar-refractivity contribution >= 4 is 22.4 Å². The molecule has 2 aromatic carbocycles. The molecule has 0 heterocycles. The molecule has 4 heteroatoms. The van der Waals surface area contributed by atoms with E-state index in [1.54, 1.807) is 31.4 Å². The molecule has 0 aliphatic heterocycles. The minimum atomic E-state index is -0.982. The molecule has 0 aliphatic carbocycles. The first-order chi connectivity index (χ1) is 7.61. The van der Waals surface area contributed by atoms with Crippen LogP contribution in [0.25, 0.3) is 10.8 Å². The standard InChI is InChI=1S/C12H11NO3/c1-16-9-3-2-7-4-8(12(14)15)5-11(13)10(7)6-9/h2-6H,13H2,1H3,(H,14,15). The maximum Gasteiger partial charge on any atom is 0.335 e. The fraction of sp³-hybridized carbons (Fsp3) is 0.0833. The number of carbonyl (C=O) groups is 1. The van der Waals surface area contributed by atoms with Gasteiger partial charge in [0.15, 0.2) is 0 Å². The number of ether oxygens (including phenoxy) is 1. The Kier molecular flexibility index (Phi) is 2.40. The monoisotopic (exact) mass is 217 g/mol. The highest BCUT2D eigenvalue weighted by atomic mass is 16.5. The summed E-state index contributed by atoms with van der Waals surface area (Å²) < 4.78 is 5.08. The number of methoxy groups -OCH3 is 1. The lowest BCUT2D eigenvalue weighted by Gasteiger charge is -2.06. The molecule has 0 unspecified atom stereocenters. The van der Waals surface area contributed by atoms with Crippen LogP contribution in [0.4, 0.5) is 5.69 Å². The van der Waals surface area contributed by atoms with Gasteiger partial charge < -0.3 is 15.6 Å². The smallest absolute Gasteiger partial charge is 0.335 e. The fourth-order valence-corrected chi connectivity index (χ4v) is 1.62. The summed E-state index contributed by atoms with van der Waals surface area (Å²) in [6.07, 6.45) is 0. The van der Waals surface area contributed by atoms with Gasteiger partial charge in [-0.25, -0.2) is 4.79 Å². The molecule has 82 valence electrons. The number of nitrogens with two attached hydrogens (primary N) is 1. The predicted octanol–water partition coefficient (Wildman–Crippen LogP) is 2.13. The van der Waals surface area contributed by atoms with Gasteiger partial charge in [0.05, 0.1) is 12.7 Å². The van der Waals surface area contributed by atoms with Gasteiger partial charge in [0, 0.05) is 11.1 Å². The second-order valence-electron chi connectivity index (χ2n) is 3.46. The summed E-state index contributed by atoms with van der Waals surface area (Å²) in [7, 11) is 1.57. The maximum atomic E-state index is 10.8. The summed E-state index contributed by atoms with van der Waals surface area (Å²) in [5.41, 5.74) is 6.43. The van der Waals surface area contributed by atoms with E-state index in [1.807, 2.05) is 0 Å². The van der Waals surface area contributed by atoms with Crippen LogP contribution >= 0.6 is 0 Å². The highest BCUT2D eigenvalue weighted by Gasteiger charge is 2.07. The largest absolute Gasteiger partial charge is 0.497 e. The van der Waals surface area contributed by atoms with Crippen molar-refractivity contribution in [1.82, 2.24) is 0 Å². The van der Waals surface area contributed by atoms with Crippen LogP contribution in [-0.4, -0.2) is 18.2 Å². The van der Waals surface area contributed by atoms with E-state index in [0.29, 0.717) is 11.4 Å². The van der Waals surface area contributed by atoms with Crippen LogP contribution in [0.5, 0.6) is 5.75 Å². The van der Waals surface area contributed by atoms with E-state index in [-0.39, 0.29) is 5.56 Å². The van der Waals surface area contributed by atoms with Crippen molar-refractivity contribution in [2.45, 2.75) is 0 Å². The molecule has 0 aliphatic rings. The Morgan fingerprint density at radius 1 is 1.31 bits per heavy atom. The van der Waals surface area contributed by atoms with E-state index in [1.165, 1.54) is 6.07 Å². The Labute approximate surface area is 92.3 Å². The minimum absolute atomic E-state index is 0.190. The zero-order chi connectivity index (χ0) is 11.7. The van der Waals surface area contributed by atoms with Crippen molar-refractivity contribution in [3.63, 3.8) is 0 Å². The van der Waals surface area contributed by atoms with Crippen LogP contribution in [0, 0.1) is 0 Å². The molecular formula is C12H11NO3. The van der Waals surface area contributed by atoms with E-state index in [2.05, 4.69) is 0 Å². The Balaban J connectivity index is 2.71. The summed E-state index contributed by atoms with van der Waals surface area (Å²) >= 11 is 0. The first-order valence-corrected chi connectivity index (χ1v) is 4.72. The summed E-state index contributed by atoms with van der Waals surface area (Å²) in [6, 6.07) is 8.39. The van der Waals surface area contributed by atoms with Gasteiger partial charge in [0.2, 0.25) is 0 Å². The molecule has 0 spiro atoms. The third-order valence-corrected chi connectivity index (χ3v) is 2.44.